The zero-order chi connectivity index (χ0) is 20.3. The van der Waals surface area contributed by atoms with Gasteiger partial charge in [-0.05, 0) is 48.9 Å². The van der Waals surface area contributed by atoms with Crippen LogP contribution in [0, 0.1) is 0 Å². The van der Waals surface area contributed by atoms with Gasteiger partial charge < -0.3 is 10.0 Å². The van der Waals surface area contributed by atoms with E-state index in [1.807, 2.05) is 6.92 Å². The number of aliphatic hydroxyl groups is 1. The summed E-state index contributed by atoms with van der Waals surface area (Å²) in [6, 6.07) is 4.41. The molecular weight excluding hydrogens is 371 g/mol. The molecule has 5 nitrogen and oxygen atoms in total. The van der Waals surface area contributed by atoms with Crippen LogP contribution in [0.5, 0.6) is 0 Å². The quantitative estimate of drug-likeness (QED) is 0.815. The number of nitrogens with zero attached hydrogens (tertiary/aromatic N) is 3. The number of fused-ring (bicyclic) bond motifs is 1. The van der Waals surface area contributed by atoms with Crippen molar-refractivity contribution in [1.29, 1.82) is 0 Å². The zero-order valence-corrected chi connectivity index (χ0v) is 15.5. The van der Waals surface area contributed by atoms with Gasteiger partial charge in [0.15, 0.2) is 0 Å². The third-order valence-corrected chi connectivity index (χ3v) is 4.83. The minimum atomic E-state index is -4.61. The lowest BCUT2D eigenvalue weighted by molar-refractivity contribution is -0.141. The molecule has 0 unspecified atom stereocenters. The second-order valence-corrected chi connectivity index (χ2v) is 6.90. The van der Waals surface area contributed by atoms with Gasteiger partial charge in [-0.2, -0.15) is 13.2 Å². The molecule has 1 N–H and O–H groups in total. The van der Waals surface area contributed by atoms with Crippen LogP contribution >= 0.6 is 0 Å². The van der Waals surface area contributed by atoms with E-state index >= 15 is 0 Å². The number of amides is 1. The van der Waals surface area contributed by atoms with E-state index in [4.69, 9.17) is 0 Å². The van der Waals surface area contributed by atoms with Gasteiger partial charge in [-0.15, -0.1) is 0 Å². The Morgan fingerprint density at radius 1 is 1.36 bits per heavy atom. The minimum Gasteiger partial charge on any atom is -0.386 e. The van der Waals surface area contributed by atoms with Gasteiger partial charge in [0.1, 0.15) is 11.4 Å². The number of hydrogen-bond acceptors (Lipinski definition) is 4. The molecule has 2 aromatic heterocycles. The maximum Gasteiger partial charge on any atom is 0.433 e. The van der Waals surface area contributed by atoms with Crippen LogP contribution in [0.3, 0.4) is 0 Å². The van der Waals surface area contributed by atoms with Crippen LogP contribution in [0.25, 0.3) is 0 Å². The van der Waals surface area contributed by atoms with Crippen LogP contribution in [0.2, 0.25) is 0 Å². The summed E-state index contributed by atoms with van der Waals surface area (Å²) in [5.41, 5.74) is 0.485. The highest BCUT2D eigenvalue weighted by Crippen LogP contribution is 2.33. The normalized spacial score (nSPS) is 14.6. The molecule has 0 spiro atoms. The number of aryl methyl sites for hydroxylation is 1. The fraction of sp³-hybridized carbons (Fsp3) is 0.450. The second kappa shape index (κ2) is 8.26. The molecule has 28 heavy (non-hydrogen) atoms. The van der Waals surface area contributed by atoms with Crippen LogP contribution in [-0.4, -0.2) is 39.0 Å². The van der Waals surface area contributed by atoms with Gasteiger partial charge in [0.25, 0.3) is 5.91 Å². The molecule has 0 bridgehead atoms. The fourth-order valence-electron chi connectivity index (χ4n) is 3.49. The Kier molecular flexibility index (Phi) is 5.98. The van der Waals surface area contributed by atoms with Crippen LogP contribution in [0.4, 0.5) is 13.2 Å². The Morgan fingerprint density at radius 3 is 2.79 bits per heavy atom. The summed E-state index contributed by atoms with van der Waals surface area (Å²) in [5, 5.41) is 10.5. The maximum atomic E-state index is 13.2. The lowest BCUT2D eigenvalue weighted by atomic mass is 10.1. The Labute approximate surface area is 161 Å². The lowest BCUT2D eigenvalue weighted by Crippen LogP contribution is -2.37. The number of rotatable bonds is 6. The van der Waals surface area contributed by atoms with E-state index in [0.29, 0.717) is 48.9 Å². The molecule has 1 amide bonds. The molecule has 1 aliphatic carbocycles. The molecule has 8 heteroatoms. The Hall–Kier alpha value is -2.48. The summed E-state index contributed by atoms with van der Waals surface area (Å²) in [6.07, 6.45) is -0.182. The monoisotopic (exact) mass is 393 g/mol. The smallest absolute Gasteiger partial charge is 0.386 e. The third-order valence-electron chi connectivity index (χ3n) is 4.83. The van der Waals surface area contributed by atoms with Crippen LogP contribution in [0.1, 0.15) is 58.7 Å². The first-order valence-corrected chi connectivity index (χ1v) is 9.28. The molecule has 0 saturated carbocycles. The number of alkyl halides is 3. The highest BCUT2D eigenvalue weighted by Gasteiger charge is 2.36. The van der Waals surface area contributed by atoms with Crippen LogP contribution in [-0.2, 0) is 19.0 Å². The Balaban J connectivity index is 1.92. The summed E-state index contributed by atoms with van der Waals surface area (Å²) >= 11 is 0. The number of halogens is 3. The van der Waals surface area contributed by atoms with E-state index < -0.39 is 23.9 Å². The summed E-state index contributed by atoms with van der Waals surface area (Å²) in [7, 11) is 0. The topological polar surface area (TPSA) is 66.3 Å². The van der Waals surface area contributed by atoms with Gasteiger partial charge in [0.2, 0.25) is 0 Å². The van der Waals surface area contributed by atoms with E-state index in [-0.39, 0.29) is 12.2 Å². The fourth-order valence-corrected chi connectivity index (χ4v) is 3.49. The van der Waals surface area contributed by atoms with E-state index in [9.17, 15) is 23.1 Å². The summed E-state index contributed by atoms with van der Waals surface area (Å²) in [6.45, 7) is 2.13. The number of hydrogen-bond donors (Lipinski definition) is 1. The molecular formula is C20H22F3N3O2. The van der Waals surface area contributed by atoms with Gasteiger partial charge in [-0.1, -0.05) is 13.0 Å². The van der Waals surface area contributed by atoms with E-state index in [0.717, 1.165) is 6.07 Å². The lowest BCUT2D eigenvalue weighted by Gasteiger charge is -2.26. The summed E-state index contributed by atoms with van der Waals surface area (Å²) in [5.74, 6) is -0.575. The van der Waals surface area contributed by atoms with E-state index in [1.165, 1.54) is 11.1 Å². The minimum absolute atomic E-state index is 0.0366. The Morgan fingerprint density at radius 2 is 2.14 bits per heavy atom. The van der Waals surface area contributed by atoms with Gasteiger partial charge in [-0.3, -0.25) is 9.78 Å². The molecule has 1 aliphatic rings. The van der Waals surface area contributed by atoms with E-state index in [2.05, 4.69) is 9.97 Å². The van der Waals surface area contributed by atoms with Crippen molar-refractivity contribution in [3.63, 3.8) is 0 Å². The van der Waals surface area contributed by atoms with Crippen molar-refractivity contribution in [3.05, 3.63) is 58.7 Å². The standard InChI is InChI=1S/C20H22F3N3O2/c1-2-9-26(12-16(27)14-6-4-8-24-11-14)19(28)18-15-7-3-5-13(15)10-17(25-18)20(21,22)23/h4,6,8,10-11,16,27H,2-3,5,7,9,12H2,1H3/t16-/m1/s1. The highest BCUT2D eigenvalue weighted by atomic mass is 19.4. The van der Waals surface area contributed by atoms with Crippen molar-refractivity contribution in [2.24, 2.45) is 0 Å². The van der Waals surface area contributed by atoms with Gasteiger partial charge >= 0.3 is 6.18 Å². The molecule has 2 aromatic rings. The van der Waals surface area contributed by atoms with Gasteiger partial charge in [-0.25, -0.2) is 4.98 Å². The average molecular weight is 393 g/mol. The molecule has 0 aromatic carbocycles. The third kappa shape index (κ3) is 4.32. The zero-order valence-electron chi connectivity index (χ0n) is 15.5. The Bertz CT molecular complexity index is 841. The summed E-state index contributed by atoms with van der Waals surface area (Å²) < 4.78 is 39.7. The van der Waals surface area contributed by atoms with Gasteiger partial charge in [0.05, 0.1) is 12.6 Å². The van der Waals surface area contributed by atoms with Crippen molar-refractivity contribution in [2.45, 2.75) is 44.9 Å². The van der Waals surface area contributed by atoms with Gasteiger partial charge in [0, 0.05) is 24.5 Å². The molecule has 1 atom stereocenters. The largest absolute Gasteiger partial charge is 0.433 e. The molecule has 3 rings (SSSR count). The number of aliphatic hydroxyl groups excluding tert-OH is 1. The summed E-state index contributed by atoms with van der Waals surface area (Å²) in [4.78, 5) is 22.1. The van der Waals surface area contributed by atoms with Crippen LogP contribution < -0.4 is 0 Å². The molecule has 0 fully saturated rings. The molecule has 2 heterocycles. The SMILES string of the molecule is CCCN(C[C@@H](O)c1cccnc1)C(=O)c1nc(C(F)(F)F)cc2c1CCC2. The van der Waals surface area contributed by atoms with Crippen molar-refractivity contribution in [2.75, 3.05) is 13.1 Å². The van der Waals surface area contributed by atoms with Crippen LogP contribution in [0.15, 0.2) is 30.6 Å². The average Bonchev–Trinajstić information content (AvgIpc) is 3.15. The first-order valence-electron chi connectivity index (χ1n) is 9.28. The molecule has 150 valence electrons. The predicted molar refractivity (Wildman–Crippen MR) is 96.7 cm³/mol. The molecule has 0 saturated heterocycles. The molecule has 0 aliphatic heterocycles. The van der Waals surface area contributed by atoms with Crippen molar-refractivity contribution < 1.29 is 23.1 Å². The highest BCUT2D eigenvalue weighted by molar-refractivity contribution is 5.94. The number of carbonyl (C=O) groups is 1. The number of aromatic nitrogens is 2. The first-order chi connectivity index (χ1) is 13.3. The predicted octanol–water partition coefficient (Wildman–Crippen LogP) is 3.57. The van der Waals surface area contributed by atoms with Crippen molar-refractivity contribution in [1.82, 2.24) is 14.9 Å². The second-order valence-electron chi connectivity index (χ2n) is 6.90. The number of carbonyl (C=O) groups excluding carboxylic acids is 1. The number of pyridine rings is 2. The first kappa shape index (κ1) is 20.3. The van der Waals surface area contributed by atoms with Crippen molar-refractivity contribution in [3.8, 4) is 0 Å². The van der Waals surface area contributed by atoms with E-state index in [1.54, 1.807) is 18.3 Å². The molecule has 0 radical (unpaired) electrons. The maximum absolute atomic E-state index is 13.2. The van der Waals surface area contributed by atoms with Crippen molar-refractivity contribution >= 4 is 5.91 Å².